The molecule has 1 aromatic rings. The molecule has 9 heteroatoms. The van der Waals surface area contributed by atoms with E-state index in [9.17, 15) is 22.8 Å². The molecule has 3 heterocycles. The zero-order valence-electron chi connectivity index (χ0n) is 12.4. The second kappa shape index (κ2) is 5.26. The van der Waals surface area contributed by atoms with Crippen LogP contribution in [-0.4, -0.2) is 25.2 Å². The van der Waals surface area contributed by atoms with Gasteiger partial charge in [0.15, 0.2) is 0 Å². The first kappa shape index (κ1) is 16.0. The number of nitrogens with one attached hydrogen (secondary N) is 1. The molecule has 0 saturated carbocycles. The van der Waals surface area contributed by atoms with E-state index in [0.29, 0.717) is 11.4 Å². The average molecular weight is 372 g/mol. The second-order valence-electron chi connectivity index (χ2n) is 5.73. The highest BCUT2D eigenvalue weighted by Gasteiger charge is 2.46. The molecule has 4 rings (SSSR count). The van der Waals surface area contributed by atoms with Crippen molar-refractivity contribution in [3.8, 4) is 0 Å². The van der Waals surface area contributed by atoms with Gasteiger partial charge < -0.3 is 14.8 Å². The Morgan fingerprint density at radius 3 is 2.12 bits per heavy atom. The lowest BCUT2D eigenvalue weighted by molar-refractivity contribution is -0.138. The number of carbonyl (C=O) groups is 2. The van der Waals surface area contributed by atoms with E-state index in [1.54, 1.807) is 0 Å². The van der Waals surface area contributed by atoms with Crippen LogP contribution in [0.25, 0.3) is 0 Å². The molecule has 0 amide bonds. The summed E-state index contributed by atoms with van der Waals surface area (Å²) in [6, 6.07) is 3.31. The summed E-state index contributed by atoms with van der Waals surface area (Å²) < 4.78 is 49.5. The van der Waals surface area contributed by atoms with Crippen molar-refractivity contribution in [1.29, 1.82) is 0 Å². The largest absolute Gasteiger partial charge is 0.456 e. The van der Waals surface area contributed by atoms with Gasteiger partial charge in [0.25, 0.3) is 0 Å². The van der Waals surface area contributed by atoms with E-state index in [0.717, 1.165) is 12.1 Å². The summed E-state index contributed by atoms with van der Waals surface area (Å²) in [5.41, 5.74) is 0.176. The molecule has 0 aliphatic carbocycles. The highest BCUT2D eigenvalue weighted by atomic mass is 35.5. The van der Waals surface area contributed by atoms with Crippen LogP contribution in [-0.2, 0) is 25.2 Å². The molecule has 25 heavy (non-hydrogen) atoms. The monoisotopic (exact) mass is 371 g/mol. The maximum absolute atomic E-state index is 13.2. The van der Waals surface area contributed by atoms with Crippen molar-refractivity contribution in [2.45, 2.75) is 12.1 Å². The molecule has 1 aromatic carbocycles. The summed E-state index contributed by atoms with van der Waals surface area (Å²) in [5.74, 6) is -2.35. The van der Waals surface area contributed by atoms with Gasteiger partial charge in [-0.15, -0.1) is 0 Å². The van der Waals surface area contributed by atoms with Crippen LogP contribution >= 0.6 is 11.6 Å². The summed E-state index contributed by atoms with van der Waals surface area (Å²) in [7, 11) is 0. The topological polar surface area (TPSA) is 64.6 Å². The number of carbonyl (C=O) groups excluding carboxylic acids is 2. The lowest BCUT2D eigenvalue weighted by atomic mass is 9.81. The molecule has 0 fully saturated rings. The van der Waals surface area contributed by atoms with Crippen LogP contribution in [0.5, 0.6) is 0 Å². The summed E-state index contributed by atoms with van der Waals surface area (Å²) in [6.07, 6.45) is -4.67. The van der Waals surface area contributed by atoms with Crippen LogP contribution < -0.4 is 5.32 Å². The van der Waals surface area contributed by atoms with Gasteiger partial charge in [0.1, 0.15) is 13.2 Å². The Morgan fingerprint density at radius 2 is 1.60 bits per heavy atom. The third-order valence-corrected chi connectivity index (χ3v) is 4.62. The lowest BCUT2D eigenvalue weighted by Crippen LogP contribution is -2.27. The lowest BCUT2D eigenvalue weighted by Gasteiger charge is -2.24. The van der Waals surface area contributed by atoms with E-state index in [1.807, 2.05) is 0 Å². The van der Waals surface area contributed by atoms with Crippen molar-refractivity contribution >= 4 is 23.5 Å². The Bertz CT molecular complexity index is 848. The number of ether oxygens (including phenoxy) is 2. The predicted octanol–water partition coefficient (Wildman–Crippen LogP) is 2.67. The first-order chi connectivity index (χ1) is 11.8. The van der Waals surface area contributed by atoms with Gasteiger partial charge in [-0.3, -0.25) is 0 Å². The maximum atomic E-state index is 13.2. The van der Waals surface area contributed by atoms with E-state index >= 15 is 0 Å². The highest BCUT2D eigenvalue weighted by Crippen LogP contribution is 2.45. The van der Waals surface area contributed by atoms with Gasteiger partial charge in [-0.25, -0.2) is 9.59 Å². The Hall–Kier alpha value is -2.48. The SMILES string of the molecule is O=C1OCC2=C1C(c1ccc(Cl)c(C(F)(F)F)c1)C1=C(COC1=O)N2. The van der Waals surface area contributed by atoms with E-state index in [1.165, 1.54) is 6.07 Å². The number of hydrogen-bond donors (Lipinski definition) is 1. The zero-order chi connectivity index (χ0) is 17.9. The quantitative estimate of drug-likeness (QED) is 0.769. The van der Waals surface area contributed by atoms with Gasteiger partial charge in [0, 0.05) is 0 Å². The maximum Gasteiger partial charge on any atom is 0.417 e. The van der Waals surface area contributed by atoms with Gasteiger partial charge in [-0.2, -0.15) is 13.2 Å². The number of halogens is 4. The summed E-state index contributed by atoms with van der Waals surface area (Å²) in [6.45, 7) is -0.0648. The fourth-order valence-corrected chi connectivity index (χ4v) is 3.45. The summed E-state index contributed by atoms with van der Waals surface area (Å²) in [4.78, 5) is 24.2. The Kier molecular flexibility index (Phi) is 3.37. The minimum Gasteiger partial charge on any atom is -0.456 e. The molecule has 1 N–H and O–H groups in total. The molecule has 3 aliphatic heterocycles. The first-order valence-corrected chi connectivity index (χ1v) is 7.59. The van der Waals surface area contributed by atoms with Crippen molar-refractivity contribution < 1.29 is 32.2 Å². The molecule has 5 nitrogen and oxygen atoms in total. The number of rotatable bonds is 1. The van der Waals surface area contributed by atoms with Crippen LogP contribution in [0.3, 0.4) is 0 Å². The van der Waals surface area contributed by atoms with Gasteiger partial charge in [-0.05, 0) is 17.7 Å². The fourth-order valence-electron chi connectivity index (χ4n) is 3.22. The third-order valence-electron chi connectivity index (χ3n) is 4.29. The van der Waals surface area contributed by atoms with E-state index in [2.05, 4.69) is 5.32 Å². The molecular weight excluding hydrogens is 363 g/mol. The molecule has 0 spiro atoms. The number of cyclic esters (lactones) is 2. The fraction of sp³-hybridized carbons (Fsp3) is 0.250. The normalized spacial score (nSPS) is 20.3. The van der Waals surface area contributed by atoms with Crippen LogP contribution in [0.4, 0.5) is 13.2 Å². The summed E-state index contributed by atoms with van der Waals surface area (Å²) in [5, 5.41) is 2.45. The molecule has 0 unspecified atom stereocenters. The molecule has 0 bridgehead atoms. The zero-order valence-corrected chi connectivity index (χ0v) is 13.1. The highest BCUT2D eigenvalue weighted by molar-refractivity contribution is 6.31. The molecule has 0 atom stereocenters. The average Bonchev–Trinajstić information content (AvgIpc) is 3.09. The van der Waals surface area contributed by atoms with Crippen molar-refractivity contribution in [2.75, 3.05) is 13.2 Å². The molecular formula is C16H9ClF3NO4. The van der Waals surface area contributed by atoms with Crippen molar-refractivity contribution in [2.24, 2.45) is 0 Å². The van der Waals surface area contributed by atoms with Crippen molar-refractivity contribution in [3.05, 3.63) is 56.9 Å². The van der Waals surface area contributed by atoms with E-state index < -0.39 is 34.6 Å². The van der Waals surface area contributed by atoms with Gasteiger partial charge in [0.2, 0.25) is 0 Å². The van der Waals surface area contributed by atoms with Crippen molar-refractivity contribution in [1.82, 2.24) is 5.32 Å². The van der Waals surface area contributed by atoms with Gasteiger partial charge in [-0.1, -0.05) is 17.7 Å². The minimum absolute atomic E-state index is 0.0324. The smallest absolute Gasteiger partial charge is 0.417 e. The number of dihydropyridines is 1. The third kappa shape index (κ3) is 2.39. The summed E-state index contributed by atoms with van der Waals surface area (Å²) >= 11 is 5.66. The minimum atomic E-state index is -4.67. The molecule has 130 valence electrons. The molecule has 0 radical (unpaired) electrons. The first-order valence-electron chi connectivity index (χ1n) is 7.21. The molecule has 0 saturated heterocycles. The second-order valence-corrected chi connectivity index (χ2v) is 6.14. The Balaban J connectivity index is 1.90. The van der Waals surface area contributed by atoms with Crippen LogP contribution in [0.1, 0.15) is 17.0 Å². The Morgan fingerprint density at radius 1 is 1.04 bits per heavy atom. The van der Waals surface area contributed by atoms with Crippen LogP contribution in [0, 0.1) is 0 Å². The van der Waals surface area contributed by atoms with E-state index in [4.69, 9.17) is 21.1 Å². The number of esters is 2. The van der Waals surface area contributed by atoms with Gasteiger partial charge in [0.05, 0.1) is 39.0 Å². The predicted molar refractivity (Wildman–Crippen MR) is 78.3 cm³/mol. The standard InChI is InChI=1S/C16H9ClF3NO4/c17-8-2-1-6(3-7(8)16(18,19)20)11-12-9(4-24-14(12)22)21-10-5-25-15(23)13(10)11/h1-3,11,21H,4-5H2. The van der Waals surface area contributed by atoms with Crippen LogP contribution in [0.15, 0.2) is 40.7 Å². The number of alkyl halides is 3. The number of hydrogen-bond acceptors (Lipinski definition) is 5. The molecule has 3 aliphatic rings. The number of benzene rings is 1. The Labute approximate surface area is 144 Å². The van der Waals surface area contributed by atoms with Crippen LogP contribution in [0.2, 0.25) is 5.02 Å². The molecule has 0 aromatic heterocycles. The van der Waals surface area contributed by atoms with Gasteiger partial charge >= 0.3 is 18.1 Å². The van der Waals surface area contributed by atoms with E-state index in [-0.39, 0.29) is 29.9 Å². The van der Waals surface area contributed by atoms with Crippen molar-refractivity contribution in [3.63, 3.8) is 0 Å².